The van der Waals surface area contributed by atoms with Gasteiger partial charge in [0.15, 0.2) is 0 Å². The number of benzene rings is 2. The van der Waals surface area contributed by atoms with Crippen molar-refractivity contribution in [1.29, 1.82) is 0 Å². The van der Waals surface area contributed by atoms with E-state index in [1.807, 2.05) is 0 Å². The van der Waals surface area contributed by atoms with E-state index in [1.165, 1.54) is 23.1 Å². The van der Waals surface area contributed by atoms with Crippen LogP contribution in [0.25, 0.3) is 33.0 Å². The Morgan fingerprint density at radius 2 is 1.93 bits per heavy atom. The fourth-order valence-corrected chi connectivity index (χ4v) is 3.96. The third kappa shape index (κ3) is 2.63. The molecular formula is C23H15FN2O4. The van der Waals surface area contributed by atoms with Crippen LogP contribution >= 0.6 is 0 Å². The maximum absolute atomic E-state index is 14.4. The summed E-state index contributed by atoms with van der Waals surface area (Å²) in [4.78, 5) is 27.6. The summed E-state index contributed by atoms with van der Waals surface area (Å²) in [7, 11) is 0. The number of aromatic nitrogens is 2. The Morgan fingerprint density at radius 1 is 1.10 bits per heavy atom. The van der Waals surface area contributed by atoms with Gasteiger partial charge in [-0.05, 0) is 36.4 Å². The van der Waals surface area contributed by atoms with Gasteiger partial charge in [-0.25, -0.2) is 9.18 Å². The van der Waals surface area contributed by atoms with Gasteiger partial charge in [0.2, 0.25) is 0 Å². The predicted octanol–water partition coefficient (Wildman–Crippen LogP) is 4.63. The van der Waals surface area contributed by atoms with Gasteiger partial charge in [0.05, 0.1) is 23.9 Å². The number of H-pyrrole nitrogens is 1. The first-order valence-electron chi connectivity index (χ1n) is 9.23. The van der Waals surface area contributed by atoms with Crippen LogP contribution < -0.4 is 5.56 Å². The van der Waals surface area contributed by atoms with Gasteiger partial charge >= 0.3 is 5.97 Å². The fourth-order valence-electron chi connectivity index (χ4n) is 3.96. The van der Waals surface area contributed by atoms with Crippen molar-refractivity contribution in [3.8, 4) is 11.1 Å². The number of carbonyl (C=O) groups is 1. The third-order valence-corrected chi connectivity index (χ3v) is 5.24. The lowest BCUT2D eigenvalue weighted by atomic mass is 10.0. The molecular weight excluding hydrogens is 387 g/mol. The van der Waals surface area contributed by atoms with Crippen LogP contribution in [0, 0.1) is 5.82 Å². The number of aromatic carboxylic acids is 1. The number of fused-ring (bicyclic) bond motifs is 3. The lowest BCUT2D eigenvalue weighted by Gasteiger charge is -2.10. The van der Waals surface area contributed by atoms with E-state index in [9.17, 15) is 19.1 Å². The summed E-state index contributed by atoms with van der Waals surface area (Å²) >= 11 is 0. The molecule has 0 spiro atoms. The molecule has 0 amide bonds. The van der Waals surface area contributed by atoms with Crippen LogP contribution in [0.2, 0.25) is 0 Å². The van der Waals surface area contributed by atoms with Crippen molar-refractivity contribution in [3.05, 3.63) is 94.5 Å². The maximum atomic E-state index is 14.4. The smallest absolute Gasteiger partial charge is 0.353 e. The molecule has 0 saturated heterocycles. The molecule has 0 saturated carbocycles. The van der Waals surface area contributed by atoms with Crippen molar-refractivity contribution < 1.29 is 18.7 Å². The van der Waals surface area contributed by atoms with Gasteiger partial charge in [-0.2, -0.15) is 0 Å². The van der Waals surface area contributed by atoms with Crippen molar-refractivity contribution in [2.75, 3.05) is 0 Å². The Hall–Kier alpha value is -4.13. The van der Waals surface area contributed by atoms with Crippen molar-refractivity contribution in [2.24, 2.45) is 0 Å². The van der Waals surface area contributed by atoms with E-state index in [2.05, 4.69) is 4.98 Å². The number of hydrogen-bond donors (Lipinski definition) is 2. The van der Waals surface area contributed by atoms with Crippen LogP contribution in [0.1, 0.15) is 16.1 Å². The highest BCUT2D eigenvalue weighted by atomic mass is 19.1. The van der Waals surface area contributed by atoms with Crippen LogP contribution in [0.15, 0.2) is 76.3 Å². The van der Waals surface area contributed by atoms with Crippen LogP contribution in [0.4, 0.5) is 4.39 Å². The van der Waals surface area contributed by atoms with Gasteiger partial charge in [0.25, 0.3) is 5.56 Å². The zero-order valence-electron chi connectivity index (χ0n) is 15.6. The second kappa shape index (κ2) is 6.73. The summed E-state index contributed by atoms with van der Waals surface area (Å²) in [6.07, 6.45) is 3.00. The SMILES string of the molecule is O=C(O)c1c(-c2ccc[nH]c2=O)c2c3ccoc3ccc2n1Cc1ccccc1F. The summed E-state index contributed by atoms with van der Waals surface area (Å²) in [6, 6.07) is 14.6. The molecule has 3 aromatic heterocycles. The maximum Gasteiger partial charge on any atom is 0.353 e. The highest BCUT2D eigenvalue weighted by Crippen LogP contribution is 2.39. The van der Waals surface area contributed by atoms with Crippen LogP contribution in [-0.4, -0.2) is 20.6 Å². The third-order valence-electron chi connectivity index (χ3n) is 5.24. The molecule has 2 N–H and O–H groups in total. The molecule has 0 aliphatic carbocycles. The molecule has 0 bridgehead atoms. The Kier molecular flexibility index (Phi) is 4.03. The summed E-state index contributed by atoms with van der Waals surface area (Å²) in [5.41, 5.74) is 1.49. The number of carboxylic acid groups (broad SMARTS) is 1. The van der Waals surface area contributed by atoms with Crippen molar-refractivity contribution in [2.45, 2.75) is 6.54 Å². The Morgan fingerprint density at radius 3 is 2.70 bits per heavy atom. The molecule has 30 heavy (non-hydrogen) atoms. The molecule has 0 radical (unpaired) electrons. The predicted molar refractivity (Wildman–Crippen MR) is 110 cm³/mol. The van der Waals surface area contributed by atoms with Crippen LogP contribution in [0.5, 0.6) is 0 Å². The number of furan rings is 1. The zero-order valence-corrected chi connectivity index (χ0v) is 15.6. The molecule has 0 aliphatic rings. The highest BCUT2D eigenvalue weighted by Gasteiger charge is 2.27. The second-order valence-electron chi connectivity index (χ2n) is 6.91. The molecule has 0 unspecified atom stereocenters. The first-order valence-corrected chi connectivity index (χ1v) is 9.23. The molecule has 7 heteroatoms. The molecule has 2 aromatic carbocycles. The van der Waals surface area contributed by atoms with E-state index >= 15 is 0 Å². The Balaban J connectivity index is 1.94. The molecule has 0 atom stereocenters. The largest absolute Gasteiger partial charge is 0.477 e. The van der Waals surface area contributed by atoms with E-state index in [1.54, 1.807) is 48.5 Å². The van der Waals surface area contributed by atoms with Crippen LogP contribution in [0.3, 0.4) is 0 Å². The summed E-state index contributed by atoms with van der Waals surface area (Å²) < 4.78 is 21.4. The fraction of sp³-hybridized carbons (Fsp3) is 0.0435. The first kappa shape index (κ1) is 17.9. The van der Waals surface area contributed by atoms with Gasteiger partial charge in [-0.3, -0.25) is 4.79 Å². The monoisotopic (exact) mass is 402 g/mol. The lowest BCUT2D eigenvalue weighted by molar-refractivity contribution is 0.0687. The average Bonchev–Trinajstić information content (AvgIpc) is 3.32. The van der Waals surface area contributed by atoms with Crippen molar-refractivity contribution >= 4 is 27.8 Å². The minimum atomic E-state index is -1.21. The quantitative estimate of drug-likeness (QED) is 0.459. The van der Waals surface area contributed by atoms with E-state index in [0.717, 1.165) is 0 Å². The number of rotatable bonds is 4. The van der Waals surface area contributed by atoms with Gasteiger partial charge in [-0.15, -0.1) is 0 Å². The molecule has 0 aliphatic heterocycles. The topological polar surface area (TPSA) is 88.2 Å². The van der Waals surface area contributed by atoms with Gasteiger partial charge in [0.1, 0.15) is 17.1 Å². The number of nitrogens with one attached hydrogen (secondary N) is 1. The van der Waals surface area contributed by atoms with E-state index < -0.39 is 17.3 Å². The molecule has 6 nitrogen and oxygen atoms in total. The molecule has 5 rings (SSSR count). The molecule has 148 valence electrons. The van der Waals surface area contributed by atoms with Crippen LogP contribution in [-0.2, 0) is 6.54 Å². The molecule has 0 fully saturated rings. The summed E-state index contributed by atoms with van der Waals surface area (Å²) in [5.74, 6) is -1.64. The summed E-state index contributed by atoms with van der Waals surface area (Å²) in [6.45, 7) is -0.00109. The number of nitrogens with zero attached hydrogens (tertiary/aromatic N) is 1. The minimum Gasteiger partial charge on any atom is -0.477 e. The number of aromatic amines is 1. The van der Waals surface area contributed by atoms with E-state index in [-0.39, 0.29) is 23.4 Å². The highest BCUT2D eigenvalue weighted by molar-refractivity contribution is 6.17. The van der Waals surface area contributed by atoms with Gasteiger partial charge < -0.3 is 19.1 Å². The Bertz CT molecular complexity index is 1490. The van der Waals surface area contributed by atoms with E-state index in [0.29, 0.717) is 27.4 Å². The van der Waals surface area contributed by atoms with Crippen molar-refractivity contribution in [1.82, 2.24) is 9.55 Å². The zero-order chi connectivity index (χ0) is 20.8. The normalized spacial score (nSPS) is 11.4. The standard InChI is InChI=1S/C23H15FN2O4/c24-16-6-2-1-4-13(16)12-26-17-7-8-18-14(9-11-30-18)19(17)20(21(26)23(28)29)15-5-3-10-25-22(15)27/h1-11H,12H2,(H,25,27)(H,28,29). The number of pyridine rings is 1. The molecule has 3 heterocycles. The Labute approximate surface area is 168 Å². The number of hydrogen-bond acceptors (Lipinski definition) is 3. The lowest BCUT2D eigenvalue weighted by Crippen LogP contribution is -2.14. The first-order chi connectivity index (χ1) is 14.6. The summed E-state index contributed by atoms with van der Waals surface area (Å²) in [5, 5.41) is 11.4. The minimum absolute atomic E-state index is 0.00109. The molecule has 5 aromatic rings. The van der Waals surface area contributed by atoms with E-state index in [4.69, 9.17) is 4.42 Å². The van der Waals surface area contributed by atoms with Gasteiger partial charge in [-0.1, -0.05) is 18.2 Å². The average molecular weight is 402 g/mol. The van der Waals surface area contributed by atoms with Gasteiger partial charge in [0, 0.05) is 28.1 Å². The van der Waals surface area contributed by atoms with Crippen molar-refractivity contribution in [3.63, 3.8) is 0 Å². The number of halogens is 1. The number of carboxylic acids is 1. The second-order valence-corrected chi connectivity index (χ2v) is 6.91.